The number of rotatable bonds is 12. The van der Waals surface area contributed by atoms with Crippen LogP contribution in [0.15, 0.2) is 78.9 Å². The quantitative estimate of drug-likeness (QED) is 0.0336. The molecule has 18 nitrogen and oxygen atoms in total. The maximum absolute atomic E-state index is 14.7. The minimum atomic E-state index is -0.801. The molecule has 9 rings (SSSR count). The van der Waals surface area contributed by atoms with Crippen LogP contribution in [0.4, 0.5) is 0 Å². The van der Waals surface area contributed by atoms with Gasteiger partial charge in [-0.1, -0.05) is 66.6 Å². The van der Waals surface area contributed by atoms with Crippen molar-refractivity contribution < 1.29 is 39.2 Å². The Labute approximate surface area is 394 Å². The molecule has 3 aromatic carbocycles. The van der Waals surface area contributed by atoms with Crippen LogP contribution < -0.4 is 27.5 Å². The van der Waals surface area contributed by atoms with E-state index in [4.69, 9.17) is 16.3 Å². The minimum absolute atomic E-state index is 0.0443. The summed E-state index contributed by atoms with van der Waals surface area (Å²) in [6, 6.07) is 22.3. The predicted molar refractivity (Wildman–Crippen MR) is 247 cm³/mol. The van der Waals surface area contributed by atoms with Gasteiger partial charge in [0.05, 0.1) is 29.1 Å². The van der Waals surface area contributed by atoms with Crippen molar-refractivity contribution >= 4 is 41.5 Å². The Morgan fingerprint density at radius 1 is 0.735 bits per heavy atom. The number of nitrogens with one attached hydrogen (secondary N) is 4. The van der Waals surface area contributed by atoms with Crippen molar-refractivity contribution in [1.29, 1.82) is 0 Å². The number of benzene rings is 3. The Morgan fingerprint density at radius 3 is 1.96 bits per heavy atom. The smallest absolute Gasteiger partial charge is 0.319 e. The number of hydrogen-bond acceptors (Lipinski definition) is 12. The maximum Gasteiger partial charge on any atom is 0.319 e. The van der Waals surface area contributed by atoms with Gasteiger partial charge in [0.1, 0.15) is 0 Å². The lowest BCUT2D eigenvalue weighted by Crippen LogP contribution is -2.81. The van der Waals surface area contributed by atoms with Gasteiger partial charge < -0.3 is 20.0 Å². The largest absolute Gasteiger partial charge is 0.330 e. The molecule has 6 amide bonds. The van der Waals surface area contributed by atoms with Crippen LogP contribution in [0.5, 0.6) is 0 Å². The lowest BCUT2D eigenvalue weighted by Gasteiger charge is -2.66. The van der Waals surface area contributed by atoms with Gasteiger partial charge in [0, 0.05) is 95.3 Å². The lowest BCUT2D eigenvalue weighted by molar-refractivity contribution is -0.185. The van der Waals surface area contributed by atoms with E-state index < -0.39 is 23.3 Å². The molecule has 6 fully saturated rings. The third-order valence-corrected chi connectivity index (χ3v) is 15.1. The summed E-state index contributed by atoms with van der Waals surface area (Å²) in [7, 11) is 0. The molecule has 6 aliphatic rings. The highest BCUT2D eigenvalue weighted by atomic mass is 16.5. The summed E-state index contributed by atoms with van der Waals surface area (Å²) in [5.74, 6) is 8.81. The standard InChI is InChI=1S/C50H58N10O8/c51-53-42(61)17-15-34-3-9-37(10-4-34)26-59-46(65)23-40(56-30-49(31-56)20-1-2-45(64)58(49)25-38-13-7-36(8-14-38)22-44(63)55-68)24-50(59)32-57(33-50)41-19-21-48(28-52-29-48)60(47(41)66)27-39-11-5-35(6-12-39)16-18-43(62)54-67/h3-15,17,40-41,52,67-68H,1-2,19-33,51H2,(H,53,61)(H,54,62)(H,55,63)/b17-15+. The summed E-state index contributed by atoms with van der Waals surface area (Å²) in [4.78, 5) is 88.6. The minimum Gasteiger partial charge on any atom is -0.330 e. The number of amides is 6. The molecule has 0 aromatic heterocycles. The second-order valence-electron chi connectivity index (χ2n) is 19.4. The van der Waals surface area contributed by atoms with E-state index in [9.17, 15) is 28.8 Å². The summed E-state index contributed by atoms with van der Waals surface area (Å²) in [6.45, 7) is 5.12. The number of hydroxylamine groups is 2. The van der Waals surface area contributed by atoms with Crippen molar-refractivity contribution in [2.45, 2.75) is 99.7 Å². The molecule has 18 heteroatoms. The fourth-order valence-corrected chi connectivity index (χ4v) is 11.4. The molecule has 68 heavy (non-hydrogen) atoms. The maximum atomic E-state index is 14.7. The van der Waals surface area contributed by atoms with E-state index in [0.717, 1.165) is 53.5 Å². The molecular formula is C50H58N10O8. The number of hydrazine groups is 1. The first-order valence-corrected chi connectivity index (χ1v) is 23.3. The van der Waals surface area contributed by atoms with Crippen LogP contribution in [-0.2, 0) is 54.8 Å². The third kappa shape index (κ3) is 9.37. The summed E-state index contributed by atoms with van der Waals surface area (Å²) in [5, 5.41) is 21.1. The Hall–Kier alpha value is -6.46. The zero-order valence-electron chi connectivity index (χ0n) is 37.9. The Kier molecular flexibility index (Phi) is 13.2. The summed E-state index contributed by atoms with van der Waals surface area (Å²) < 4.78 is 0. The topological polar surface area (TPSA) is 233 Å². The molecule has 0 aliphatic carbocycles. The molecule has 2 atom stereocenters. The summed E-state index contributed by atoms with van der Waals surface area (Å²) >= 11 is 0. The number of likely N-dealkylation sites (tertiary alicyclic amines) is 5. The first-order chi connectivity index (χ1) is 32.8. The molecule has 0 bridgehead atoms. The van der Waals surface area contributed by atoms with Gasteiger partial charge >= 0.3 is 5.91 Å². The van der Waals surface area contributed by atoms with E-state index in [1.54, 1.807) is 23.7 Å². The van der Waals surface area contributed by atoms with E-state index in [1.165, 1.54) is 11.6 Å². The highest BCUT2D eigenvalue weighted by Crippen LogP contribution is 2.47. The van der Waals surface area contributed by atoms with E-state index in [2.05, 4.69) is 32.4 Å². The molecular weight excluding hydrogens is 869 g/mol. The SMILES string of the molecule is NNC(=O)/C=C/c1ccc(CN2C(=O)CC(N3CC4(CCCC(=O)N4Cc4ccc(CC(=O)NO)cc4)C3)CC23CN(C2CCC4(CNC4)N(Cc4ccc(C#CC(=O)NO)cc4)C2=O)C3)cc1. The Morgan fingerprint density at radius 2 is 1.34 bits per heavy atom. The zero-order valence-corrected chi connectivity index (χ0v) is 37.9. The fourth-order valence-electron chi connectivity index (χ4n) is 11.4. The van der Waals surface area contributed by atoms with Crippen LogP contribution in [0.3, 0.4) is 0 Å². The van der Waals surface area contributed by atoms with Crippen molar-refractivity contribution in [2.75, 3.05) is 39.3 Å². The normalized spacial score (nSPS) is 22.9. The number of carbonyl (C=O) groups is 6. The fraction of sp³-hybridized carbons (Fsp3) is 0.440. The van der Waals surface area contributed by atoms with Gasteiger partial charge in [-0.25, -0.2) is 16.8 Å². The van der Waals surface area contributed by atoms with Gasteiger partial charge in [0.2, 0.25) is 23.6 Å². The molecule has 0 saturated carbocycles. The number of piperidine rings is 3. The van der Waals surface area contributed by atoms with Gasteiger partial charge in [0.15, 0.2) is 0 Å². The predicted octanol–water partition coefficient (Wildman–Crippen LogP) is 0.940. The van der Waals surface area contributed by atoms with E-state index in [1.807, 2.05) is 75.4 Å². The van der Waals surface area contributed by atoms with Gasteiger partial charge in [-0.05, 0) is 78.1 Å². The summed E-state index contributed by atoms with van der Waals surface area (Å²) in [6.07, 6.45) is 7.86. The molecule has 8 N–H and O–H groups in total. The van der Waals surface area contributed by atoms with Crippen LogP contribution in [0.25, 0.3) is 6.08 Å². The second kappa shape index (κ2) is 19.3. The number of carbonyl (C=O) groups excluding carboxylic acids is 6. The van der Waals surface area contributed by atoms with Gasteiger partial charge in [0.25, 0.3) is 5.91 Å². The molecule has 6 saturated heterocycles. The number of nitrogens with two attached hydrogens (primary N) is 1. The molecule has 6 heterocycles. The second-order valence-corrected chi connectivity index (χ2v) is 19.4. The molecule has 356 valence electrons. The zero-order chi connectivity index (χ0) is 47.6. The van der Waals surface area contributed by atoms with Crippen LogP contribution in [0.1, 0.15) is 78.3 Å². The van der Waals surface area contributed by atoms with E-state index >= 15 is 0 Å². The van der Waals surface area contributed by atoms with Gasteiger partial charge in [-0.3, -0.25) is 54.4 Å². The summed E-state index contributed by atoms with van der Waals surface area (Å²) in [5.41, 5.74) is 9.12. The van der Waals surface area contributed by atoms with Crippen LogP contribution in [-0.4, -0.2) is 138 Å². The van der Waals surface area contributed by atoms with Crippen molar-refractivity contribution in [2.24, 2.45) is 5.84 Å². The average molecular weight is 927 g/mol. The lowest BCUT2D eigenvalue weighted by atomic mass is 9.71. The van der Waals surface area contributed by atoms with Crippen molar-refractivity contribution in [3.63, 3.8) is 0 Å². The van der Waals surface area contributed by atoms with Crippen LogP contribution >= 0.6 is 0 Å². The van der Waals surface area contributed by atoms with Gasteiger partial charge in [-0.2, -0.15) is 0 Å². The van der Waals surface area contributed by atoms with Crippen LogP contribution in [0.2, 0.25) is 0 Å². The first-order valence-electron chi connectivity index (χ1n) is 23.3. The number of nitrogens with zero attached hydrogens (tertiary/aromatic N) is 5. The molecule has 0 radical (unpaired) electrons. The molecule has 3 spiro atoms. The third-order valence-electron chi connectivity index (χ3n) is 15.1. The Bertz CT molecular complexity index is 2520. The average Bonchev–Trinajstić information content (AvgIpc) is 3.31. The highest BCUT2D eigenvalue weighted by molar-refractivity contribution is 5.93. The van der Waals surface area contributed by atoms with E-state index in [-0.39, 0.29) is 47.3 Å². The van der Waals surface area contributed by atoms with Crippen LogP contribution in [0, 0.1) is 11.8 Å². The van der Waals surface area contributed by atoms with Crippen molar-refractivity contribution in [3.05, 3.63) is 112 Å². The van der Waals surface area contributed by atoms with E-state index in [0.29, 0.717) is 83.7 Å². The van der Waals surface area contributed by atoms with Crippen molar-refractivity contribution in [3.8, 4) is 11.8 Å². The highest BCUT2D eigenvalue weighted by Gasteiger charge is 2.61. The molecule has 2 unspecified atom stereocenters. The number of hydrogen-bond donors (Lipinski definition) is 7. The van der Waals surface area contributed by atoms with Crippen molar-refractivity contribution in [1.82, 2.24) is 46.2 Å². The first kappa shape index (κ1) is 46.6. The monoisotopic (exact) mass is 926 g/mol. The molecule has 3 aromatic rings. The Balaban J connectivity index is 0.920. The molecule has 6 aliphatic heterocycles. The van der Waals surface area contributed by atoms with Gasteiger partial charge in [-0.15, -0.1) is 0 Å².